The molecule has 0 fully saturated rings. The minimum absolute atomic E-state index is 0.575. The van der Waals surface area contributed by atoms with Crippen LogP contribution in [0.4, 0.5) is 0 Å². The molecule has 0 spiro atoms. The highest BCUT2D eigenvalue weighted by Gasteiger charge is 2.15. The van der Waals surface area contributed by atoms with Gasteiger partial charge in [-0.2, -0.15) is 0 Å². The Balaban J connectivity index is 2.06. The van der Waals surface area contributed by atoms with Gasteiger partial charge in [-0.15, -0.1) is 22.9 Å². The highest BCUT2D eigenvalue weighted by atomic mass is 35.5. The molecular formula is C15H12ClN3S. The topological polar surface area (TPSA) is 22.2 Å². The lowest BCUT2D eigenvalue weighted by atomic mass is 10.3. The molecule has 0 unspecified atom stereocenters. The highest BCUT2D eigenvalue weighted by molar-refractivity contribution is 7.13. The number of benzene rings is 1. The molecule has 0 aliphatic carbocycles. The SMILES string of the molecule is ClCCn1c(-c2cccs2)cn2c3ccccc3nc12. The third kappa shape index (κ3) is 1.69. The first-order chi connectivity index (χ1) is 9.88. The quantitative estimate of drug-likeness (QED) is 0.518. The molecule has 0 aliphatic rings. The maximum atomic E-state index is 5.97. The van der Waals surface area contributed by atoms with Crippen molar-refractivity contribution in [3.8, 4) is 10.6 Å². The second-order valence-electron chi connectivity index (χ2n) is 4.60. The molecule has 0 saturated heterocycles. The molecule has 0 amide bonds. The molecule has 3 aromatic heterocycles. The van der Waals surface area contributed by atoms with Gasteiger partial charge in [0.05, 0.1) is 21.6 Å². The molecule has 1 aromatic carbocycles. The zero-order chi connectivity index (χ0) is 13.5. The molecular weight excluding hydrogens is 290 g/mol. The number of fused-ring (bicyclic) bond motifs is 3. The first-order valence-electron chi connectivity index (χ1n) is 6.44. The van der Waals surface area contributed by atoms with Crippen LogP contribution in [0, 0.1) is 0 Å². The van der Waals surface area contributed by atoms with Crippen LogP contribution in [0.5, 0.6) is 0 Å². The van der Waals surface area contributed by atoms with Crippen LogP contribution in [0.3, 0.4) is 0 Å². The number of nitrogens with zero attached hydrogens (tertiary/aromatic N) is 3. The zero-order valence-electron chi connectivity index (χ0n) is 10.7. The Morgan fingerprint density at radius 3 is 2.85 bits per heavy atom. The molecule has 0 N–H and O–H groups in total. The van der Waals surface area contributed by atoms with Crippen LogP contribution in [-0.2, 0) is 6.54 Å². The van der Waals surface area contributed by atoms with Crippen LogP contribution in [0.1, 0.15) is 0 Å². The van der Waals surface area contributed by atoms with Crippen LogP contribution >= 0.6 is 22.9 Å². The van der Waals surface area contributed by atoms with E-state index in [0.717, 1.165) is 23.4 Å². The Labute approximate surface area is 125 Å². The molecule has 100 valence electrons. The van der Waals surface area contributed by atoms with Crippen molar-refractivity contribution >= 4 is 39.7 Å². The van der Waals surface area contributed by atoms with Gasteiger partial charge in [0.25, 0.3) is 0 Å². The molecule has 3 nitrogen and oxygen atoms in total. The van der Waals surface area contributed by atoms with E-state index in [9.17, 15) is 0 Å². The Bertz CT molecular complexity index is 873. The first kappa shape index (κ1) is 12.0. The number of rotatable bonds is 3. The Hall–Kier alpha value is -1.78. The fraction of sp³-hybridized carbons (Fsp3) is 0.133. The minimum Gasteiger partial charge on any atom is -0.308 e. The number of aromatic nitrogens is 3. The van der Waals surface area contributed by atoms with Crippen molar-refractivity contribution in [1.82, 2.24) is 14.0 Å². The van der Waals surface area contributed by atoms with E-state index < -0.39 is 0 Å². The second-order valence-corrected chi connectivity index (χ2v) is 5.93. The number of thiophene rings is 1. The van der Waals surface area contributed by atoms with Crippen LogP contribution < -0.4 is 0 Å². The van der Waals surface area contributed by atoms with Gasteiger partial charge in [-0.3, -0.25) is 4.40 Å². The van der Waals surface area contributed by atoms with E-state index in [0.29, 0.717) is 5.88 Å². The minimum atomic E-state index is 0.575. The largest absolute Gasteiger partial charge is 0.308 e. The Kier molecular flexibility index (Phi) is 2.79. The van der Waals surface area contributed by atoms with Gasteiger partial charge in [0, 0.05) is 18.6 Å². The van der Waals surface area contributed by atoms with Gasteiger partial charge in [-0.05, 0) is 23.6 Å². The fourth-order valence-corrected chi connectivity index (χ4v) is 3.49. The van der Waals surface area contributed by atoms with Crippen molar-refractivity contribution in [1.29, 1.82) is 0 Å². The third-order valence-corrected chi connectivity index (χ3v) is 4.50. The van der Waals surface area contributed by atoms with Crippen molar-refractivity contribution in [3.05, 3.63) is 48.0 Å². The molecule has 0 radical (unpaired) electrons. The monoisotopic (exact) mass is 301 g/mol. The standard InChI is InChI=1S/C15H12ClN3S/c16-7-8-18-13(14-6-3-9-20-14)10-19-12-5-2-1-4-11(12)17-15(18)19/h1-6,9-10H,7-8H2. The van der Waals surface area contributed by atoms with E-state index in [4.69, 9.17) is 16.6 Å². The summed E-state index contributed by atoms with van der Waals surface area (Å²) in [7, 11) is 0. The number of aryl methyl sites for hydroxylation is 1. The number of hydrogen-bond acceptors (Lipinski definition) is 2. The van der Waals surface area contributed by atoms with Crippen molar-refractivity contribution < 1.29 is 0 Å². The highest BCUT2D eigenvalue weighted by Crippen LogP contribution is 2.29. The van der Waals surface area contributed by atoms with Gasteiger partial charge >= 0.3 is 0 Å². The third-order valence-electron chi connectivity index (χ3n) is 3.44. The van der Waals surface area contributed by atoms with E-state index in [1.54, 1.807) is 11.3 Å². The van der Waals surface area contributed by atoms with Crippen molar-refractivity contribution in [3.63, 3.8) is 0 Å². The summed E-state index contributed by atoms with van der Waals surface area (Å²) in [4.78, 5) is 5.98. The lowest BCUT2D eigenvalue weighted by molar-refractivity contribution is 0.797. The molecule has 4 aromatic rings. The zero-order valence-corrected chi connectivity index (χ0v) is 12.2. The summed E-state index contributed by atoms with van der Waals surface area (Å²) in [6.07, 6.45) is 2.16. The lowest BCUT2D eigenvalue weighted by Gasteiger charge is -2.04. The van der Waals surface area contributed by atoms with E-state index in [-0.39, 0.29) is 0 Å². The van der Waals surface area contributed by atoms with Gasteiger partial charge in [-0.25, -0.2) is 4.98 Å². The average molecular weight is 302 g/mol. The van der Waals surface area contributed by atoms with E-state index in [1.165, 1.54) is 10.6 Å². The summed E-state index contributed by atoms with van der Waals surface area (Å²) in [6, 6.07) is 12.4. The summed E-state index contributed by atoms with van der Waals surface area (Å²) in [5.41, 5.74) is 3.33. The van der Waals surface area contributed by atoms with Gasteiger partial charge in [0.1, 0.15) is 0 Å². The molecule has 5 heteroatoms. The summed E-state index contributed by atoms with van der Waals surface area (Å²) >= 11 is 7.71. The molecule has 0 bridgehead atoms. The van der Waals surface area contributed by atoms with Crippen molar-refractivity contribution in [2.24, 2.45) is 0 Å². The number of para-hydroxylation sites is 2. The van der Waals surface area contributed by atoms with E-state index in [1.807, 2.05) is 18.2 Å². The van der Waals surface area contributed by atoms with Crippen LogP contribution in [0.15, 0.2) is 48.0 Å². The van der Waals surface area contributed by atoms with Gasteiger partial charge in [0.15, 0.2) is 0 Å². The van der Waals surface area contributed by atoms with Crippen LogP contribution in [0.2, 0.25) is 0 Å². The van der Waals surface area contributed by atoms with Gasteiger partial charge in [0.2, 0.25) is 5.78 Å². The number of halogens is 1. The smallest absolute Gasteiger partial charge is 0.215 e. The molecule has 3 heterocycles. The predicted molar refractivity (Wildman–Crippen MR) is 84.7 cm³/mol. The number of alkyl halides is 1. The normalized spacial score (nSPS) is 11.7. The van der Waals surface area contributed by atoms with E-state index >= 15 is 0 Å². The van der Waals surface area contributed by atoms with E-state index in [2.05, 4.69) is 38.7 Å². The maximum Gasteiger partial charge on any atom is 0.215 e. The molecule has 0 atom stereocenters. The summed E-state index contributed by atoms with van der Waals surface area (Å²) in [5.74, 6) is 1.53. The fourth-order valence-electron chi connectivity index (χ4n) is 2.58. The summed E-state index contributed by atoms with van der Waals surface area (Å²) in [5, 5.41) is 2.09. The predicted octanol–water partition coefficient (Wildman–Crippen LogP) is 4.26. The van der Waals surface area contributed by atoms with Gasteiger partial charge < -0.3 is 4.57 Å². The first-order valence-corrected chi connectivity index (χ1v) is 7.86. The van der Waals surface area contributed by atoms with Crippen LogP contribution in [0.25, 0.3) is 27.4 Å². The number of hydrogen-bond donors (Lipinski definition) is 0. The second kappa shape index (κ2) is 4.65. The average Bonchev–Trinajstić information content (AvgIpc) is 3.15. The molecule has 4 rings (SSSR count). The summed E-state index contributed by atoms with van der Waals surface area (Å²) < 4.78 is 4.34. The van der Waals surface area contributed by atoms with Crippen LogP contribution in [-0.4, -0.2) is 19.8 Å². The van der Waals surface area contributed by atoms with Gasteiger partial charge in [-0.1, -0.05) is 18.2 Å². The Morgan fingerprint density at radius 1 is 1.15 bits per heavy atom. The maximum absolute atomic E-state index is 5.97. The molecule has 0 aliphatic heterocycles. The molecule has 0 saturated carbocycles. The molecule has 20 heavy (non-hydrogen) atoms. The Morgan fingerprint density at radius 2 is 2.05 bits per heavy atom. The lowest BCUT2D eigenvalue weighted by Crippen LogP contribution is -2.01. The number of imidazole rings is 2. The van der Waals surface area contributed by atoms with Crippen molar-refractivity contribution in [2.45, 2.75) is 6.54 Å². The van der Waals surface area contributed by atoms with Crippen molar-refractivity contribution in [2.75, 3.05) is 5.88 Å². The summed E-state index contributed by atoms with van der Waals surface area (Å²) in [6.45, 7) is 0.759.